The molecule has 1 N–H and O–H groups in total. The van der Waals surface area contributed by atoms with Crippen molar-refractivity contribution in [3.8, 4) is 11.5 Å². The van der Waals surface area contributed by atoms with Crippen LogP contribution in [-0.4, -0.2) is 38.9 Å². The van der Waals surface area contributed by atoms with Gasteiger partial charge in [0, 0.05) is 13.2 Å². The van der Waals surface area contributed by atoms with Crippen molar-refractivity contribution < 1.29 is 27.8 Å². The zero-order valence-corrected chi connectivity index (χ0v) is 14.2. The minimum absolute atomic E-state index is 0.0000276. The summed E-state index contributed by atoms with van der Waals surface area (Å²) in [6, 6.07) is 4.89. The first-order valence-electron chi connectivity index (χ1n) is 8.57. The highest BCUT2D eigenvalue weighted by Gasteiger charge is 2.52. The largest absolute Gasteiger partial charge is 0.493 e. The highest BCUT2D eigenvalue weighted by molar-refractivity contribution is 5.84. The number of ether oxygens (including phenoxy) is 3. The zero-order chi connectivity index (χ0) is 17.9. The molecule has 2 atom stereocenters. The molecule has 5 nitrogen and oxygen atoms in total. The van der Waals surface area contributed by atoms with Crippen LogP contribution in [0.2, 0.25) is 0 Å². The van der Waals surface area contributed by atoms with E-state index >= 15 is 0 Å². The second kappa shape index (κ2) is 7.56. The Morgan fingerprint density at radius 2 is 2.24 bits per heavy atom. The maximum absolute atomic E-state index is 12.6. The lowest BCUT2D eigenvalue weighted by Crippen LogP contribution is -2.44. The van der Waals surface area contributed by atoms with Crippen molar-refractivity contribution in [3.63, 3.8) is 0 Å². The van der Waals surface area contributed by atoms with Gasteiger partial charge in [-0.2, -0.15) is 8.78 Å². The number of alkyl halides is 2. The number of rotatable bonds is 7. The number of carbonyl (C=O) groups excluding carboxylic acids is 1. The highest BCUT2D eigenvalue weighted by Crippen LogP contribution is 2.47. The first-order chi connectivity index (χ1) is 12.0. The normalized spacial score (nSPS) is 25.0. The van der Waals surface area contributed by atoms with Crippen LogP contribution in [0, 0.1) is 5.41 Å². The van der Waals surface area contributed by atoms with Gasteiger partial charge in [0.05, 0.1) is 18.6 Å². The summed E-state index contributed by atoms with van der Waals surface area (Å²) in [6.07, 6.45) is 4.18. The predicted octanol–water partition coefficient (Wildman–Crippen LogP) is 2.91. The zero-order valence-electron chi connectivity index (χ0n) is 14.2. The molecule has 0 bridgehead atoms. The maximum Gasteiger partial charge on any atom is 0.387 e. The molecule has 2 aliphatic rings. The quantitative estimate of drug-likeness (QED) is 0.817. The van der Waals surface area contributed by atoms with E-state index in [9.17, 15) is 13.6 Å². The van der Waals surface area contributed by atoms with Crippen LogP contribution < -0.4 is 14.8 Å². The van der Waals surface area contributed by atoms with Gasteiger partial charge < -0.3 is 19.5 Å². The van der Waals surface area contributed by atoms with Gasteiger partial charge in [-0.1, -0.05) is 6.07 Å². The Bertz CT molecular complexity index is 613. The van der Waals surface area contributed by atoms with Crippen molar-refractivity contribution >= 4 is 5.91 Å². The first-order valence-corrected chi connectivity index (χ1v) is 8.57. The molecule has 1 amide bonds. The van der Waals surface area contributed by atoms with Crippen LogP contribution in [0.25, 0.3) is 0 Å². The first kappa shape index (κ1) is 17.9. The number of halogens is 2. The molecule has 0 spiro atoms. The summed E-state index contributed by atoms with van der Waals surface area (Å²) in [5.74, 6) is 0.300. The van der Waals surface area contributed by atoms with Gasteiger partial charge in [0.1, 0.15) is 0 Å². The van der Waals surface area contributed by atoms with E-state index in [4.69, 9.17) is 9.47 Å². The van der Waals surface area contributed by atoms with Crippen LogP contribution in [0.4, 0.5) is 8.78 Å². The Balaban J connectivity index is 1.57. The molecule has 1 aliphatic heterocycles. The lowest BCUT2D eigenvalue weighted by atomic mass is 9.82. The Morgan fingerprint density at radius 1 is 1.40 bits per heavy atom. The minimum Gasteiger partial charge on any atom is -0.493 e. The van der Waals surface area contributed by atoms with Crippen LogP contribution in [-0.2, 0) is 16.0 Å². The fourth-order valence-corrected chi connectivity index (χ4v) is 3.89. The van der Waals surface area contributed by atoms with E-state index in [0.717, 1.165) is 31.2 Å². The van der Waals surface area contributed by atoms with Crippen LogP contribution in [0.15, 0.2) is 18.2 Å². The topological polar surface area (TPSA) is 56.8 Å². The van der Waals surface area contributed by atoms with Gasteiger partial charge in [0.15, 0.2) is 11.5 Å². The van der Waals surface area contributed by atoms with E-state index in [2.05, 4.69) is 10.1 Å². The SMILES string of the molecule is COc1ccc(CCNC(=O)[C@]23CCC[C@H]2OCC3)cc1OC(F)F. The molecule has 0 radical (unpaired) electrons. The third-order valence-corrected chi connectivity index (χ3v) is 5.17. The molecule has 1 heterocycles. The number of nitrogens with one attached hydrogen (secondary N) is 1. The molecule has 1 aromatic carbocycles. The number of hydrogen-bond donors (Lipinski definition) is 1. The molecule has 7 heteroatoms. The molecule has 0 unspecified atom stereocenters. The van der Waals surface area contributed by atoms with Crippen molar-refractivity contribution in [1.82, 2.24) is 5.32 Å². The van der Waals surface area contributed by atoms with Crippen LogP contribution in [0.3, 0.4) is 0 Å². The van der Waals surface area contributed by atoms with E-state index in [1.54, 1.807) is 12.1 Å². The number of carbonyl (C=O) groups is 1. The monoisotopic (exact) mass is 355 g/mol. The molecule has 3 rings (SSSR count). The fraction of sp³-hybridized carbons (Fsp3) is 0.611. The van der Waals surface area contributed by atoms with Crippen molar-refractivity contribution in [3.05, 3.63) is 23.8 Å². The number of methoxy groups -OCH3 is 1. The van der Waals surface area contributed by atoms with Gasteiger partial charge in [-0.25, -0.2) is 0 Å². The number of fused-ring (bicyclic) bond motifs is 1. The van der Waals surface area contributed by atoms with Gasteiger partial charge in [-0.3, -0.25) is 4.79 Å². The van der Waals surface area contributed by atoms with Crippen molar-refractivity contribution in [2.24, 2.45) is 5.41 Å². The molecule has 138 valence electrons. The summed E-state index contributed by atoms with van der Waals surface area (Å²) in [7, 11) is 1.40. The van der Waals surface area contributed by atoms with E-state index in [0.29, 0.717) is 19.6 Å². The summed E-state index contributed by atoms with van der Waals surface area (Å²) >= 11 is 0. The van der Waals surface area contributed by atoms with Crippen LogP contribution in [0.1, 0.15) is 31.2 Å². The van der Waals surface area contributed by atoms with Crippen molar-refractivity contribution in [2.45, 2.75) is 44.8 Å². The maximum atomic E-state index is 12.6. The predicted molar refractivity (Wildman–Crippen MR) is 87.0 cm³/mol. The van der Waals surface area contributed by atoms with Gasteiger partial charge in [0.25, 0.3) is 0 Å². The van der Waals surface area contributed by atoms with E-state index in [1.165, 1.54) is 13.2 Å². The van der Waals surface area contributed by atoms with Gasteiger partial charge in [-0.15, -0.1) is 0 Å². The Labute approximate surface area is 145 Å². The van der Waals surface area contributed by atoms with Crippen LogP contribution >= 0.6 is 0 Å². The third kappa shape index (κ3) is 3.71. The summed E-state index contributed by atoms with van der Waals surface area (Å²) < 4.78 is 40.1. The van der Waals surface area contributed by atoms with Gasteiger partial charge in [-0.05, 0) is 49.8 Å². The molecular weight excluding hydrogens is 332 g/mol. The lowest BCUT2D eigenvalue weighted by Gasteiger charge is -2.26. The summed E-state index contributed by atoms with van der Waals surface area (Å²) in [5, 5.41) is 2.98. The average molecular weight is 355 g/mol. The molecule has 2 fully saturated rings. The van der Waals surface area contributed by atoms with Gasteiger partial charge >= 0.3 is 6.61 Å². The number of benzene rings is 1. The minimum atomic E-state index is -2.91. The van der Waals surface area contributed by atoms with Gasteiger partial charge in [0.2, 0.25) is 5.91 Å². The van der Waals surface area contributed by atoms with Crippen molar-refractivity contribution in [1.29, 1.82) is 0 Å². The van der Waals surface area contributed by atoms with Crippen molar-refractivity contribution in [2.75, 3.05) is 20.3 Å². The smallest absolute Gasteiger partial charge is 0.387 e. The molecule has 1 saturated carbocycles. The Hall–Kier alpha value is -1.89. The van der Waals surface area contributed by atoms with E-state index in [1.807, 2.05) is 0 Å². The number of amides is 1. The summed E-state index contributed by atoms with van der Waals surface area (Å²) in [6.45, 7) is -1.83. The number of hydrogen-bond acceptors (Lipinski definition) is 4. The fourth-order valence-electron chi connectivity index (χ4n) is 3.89. The second-order valence-electron chi connectivity index (χ2n) is 6.53. The average Bonchev–Trinajstić information content (AvgIpc) is 3.15. The third-order valence-electron chi connectivity index (χ3n) is 5.17. The molecular formula is C18H23F2NO4. The van der Waals surface area contributed by atoms with Crippen LogP contribution in [0.5, 0.6) is 11.5 Å². The molecule has 0 aromatic heterocycles. The molecule has 25 heavy (non-hydrogen) atoms. The standard InChI is InChI=1S/C18H23F2NO4/c1-23-13-5-4-12(11-14(13)25-17(19)20)6-9-21-16(22)18-7-2-3-15(18)24-10-8-18/h4-5,11,15,17H,2-3,6-10H2,1H3,(H,21,22)/t15-,18+/m1/s1. The Morgan fingerprint density at radius 3 is 3.00 bits per heavy atom. The highest BCUT2D eigenvalue weighted by atomic mass is 19.3. The lowest BCUT2D eigenvalue weighted by molar-refractivity contribution is -0.132. The molecule has 1 aliphatic carbocycles. The summed E-state index contributed by atoms with van der Waals surface area (Å²) in [5.41, 5.74) is 0.420. The molecule has 1 saturated heterocycles. The molecule has 1 aromatic rings. The summed E-state index contributed by atoms with van der Waals surface area (Å²) in [4.78, 5) is 12.6. The second-order valence-corrected chi connectivity index (χ2v) is 6.53. The Kier molecular flexibility index (Phi) is 5.42. The van der Waals surface area contributed by atoms with E-state index in [-0.39, 0.29) is 28.9 Å². The van der Waals surface area contributed by atoms with E-state index < -0.39 is 6.61 Å².